The molecular weight excluding hydrogens is 350 g/mol. The number of aryl methyl sites for hydroxylation is 1. The van der Waals surface area contributed by atoms with Gasteiger partial charge in [0.25, 0.3) is 0 Å². The van der Waals surface area contributed by atoms with E-state index < -0.39 is 0 Å². The molecule has 0 bridgehead atoms. The molecule has 1 heterocycles. The van der Waals surface area contributed by atoms with Crippen LogP contribution >= 0.6 is 0 Å². The Morgan fingerprint density at radius 2 is 1.86 bits per heavy atom. The van der Waals surface area contributed by atoms with E-state index in [1.807, 2.05) is 19.1 Å². The molecule has 5 nitrogen and oxygen atoms in total. The number of carbonyl (C=O) groups is 2. The number of hydrogen-bond acceptors (Lipinski definition) is 2. The van der Waals surface area contributed by atoms with E-state index in [1.165, 1.54) is 16.7 Å². The Labute approximate surface area is 167 Å². The van der Waals surface area contributed by atoms with Crippen molar-refractivity contribution in [1.29, 1.82) is 0 Å². The van der Waals surface area contributed by atoms with Gasteiger partial charge in [0.1, 0.15) is 0 Å². The number of amides is 3. The van der Waals surface area contributed by atoms with E-state index in [0.29, 0.717) is 26.2 Å². The monoisotopic (exact) mass is 379 g/mol. The molecule has 0 aromatic heterocycles. The van der Waals surface area contributed by atoms with Gasteiger partial charge in [-0.3, -0.25) is 4.79 Å². The molecule has 1 aliphatic heterocycles. The fourth-order valence-corrected chi connectivity index (χ4v) is 3.62. The van der Waals surface area contributed by atoms with Gasteiger partial charge >= 0.3 is 6.03 Å². The van der Waals surface area contributed by atoms with Crippen LogP contribution in [0, 0.1) is 12.8 Å². The Morgan fingerprint density at radius 3 is 2.57 bits per heavy atom. The molecule has 0 aliphatic carbocycles. The smallest absolute Gasteiger partial charge is 0.317 e. The Bertz CT molecular complexity index is 817. The van der Waals surface area contributed by atoms with Gasteiger partial charge in [0.05, 0.1) is 5.92 Å². The van der Waals surface area contributed by atoms with Crippen LogP contribution in [-0.2, 0) is 11.3 Å². The first-order chi connectivity index (χ1) is 13.6. The number of piperidine rings is 1. The van der Waals surface area contributed by atoms with Crippen LogP contribution < -0.4 is 10.6 Å². The Balaban J connectivity index is 1.53. The quantitative estimate of drug-likeness (QED) is 0.832. The molecule has 0 spiro atoms. The maximum absolute atomic E-state index is 12.5. The first kappa shape index (κ1) is 19.9. The van der Waals surface area contributed by atoms with Crippen molar-refractivity contribution < 1.29 is 9.59 Å². The van der Waals surface area contributed by atoms with Gasteiger partial charge in [-0.15, -0.1) is 0 Å². The lowest BCUT2D eigenvalue weighted by Gasteiger charge is -2.32. The normalized spacial score (nSPS) is 16.5. The minimum atomic E-state index is -0.104. The van der Waals surface area contributed by atoms with Crippen molar-refractivity contribution in [3.63, 3.8) is 0 Å². The average Bonchev–Trinajstić information content (AvgIpc) is 2.72. The fraction of sp³-hybridized carbons (Fsp3) is 0.391. The number of carbonyl (C=O) groups excluding carboxylic acids is 2. The topological polar surface area (TPSA) is 61.4 Å². The predicted molar refractivity (Wildman–Crippen MR) is 112 cm³/mol. The second kappa shape index (κ2) is 9.40. The minimum Gasteiger partial charge on any atom is -0.356 e. The number of hydrogen-bond donors (Lipinski definition) is 2. The van der Waals surface area contributed by atoms with Gasteiger partial charge in [-0.25, -0.2) is 4.79 Å². The van der Waals surface area contributed by atoms with Crippen LogP contribution in [0.2, 0.25) is 0 Å². The molecule has 3 amide bonds. The Hall–Kier alpha value is -2.82. The van der Waals surface area contributed by atoms with Crippen LogP contribution in [0.3, 0.4) is 0 Å². The van der Waals surface area contributed by atoms with E-state index >= 15 is 0 Å². The van der Waals surface area contributed by atoms with Gasteiger partial charge in [-0.2, -0.15) is 0 Å². The summed E-state index contributed by atoms with van der Waals surface area (Å²) >= 11 is 0. The lowest BCUT2D eigenvalue weighted by atomic mass is 9.97. The van der Waals surface area contributed by atoms with E-state index in [1.54, 1.807) is 4.90 Å². The number of urea groups is 1. The van der Waals surface area contributed by atoms with Gasteiger partial charge < -0.3 is 15.5 Å². The first-order valence-electron chi connectivity index (χ1n) is 10.0. The number of nitrogens with one attached hydrogen (secondary N) is 2. The number of nitrogens with zero attached hydrogens (tertiary/aromatic N) is 1. The molecule has 1 fully saturated rings. The molecule has 1 saturated heterocycles. The van der Waals surface area contributed by atoms with Gasteiger partial charge in [0.2, 0.25) is 5.91 Å². The van der Waals surface area contributed by atoms with Crippen LogP contribution in [0.1, 0.15) is 30.9 Å². The first-order valence-corrected chi connectivity index (χ1v) is 10.0. The van der Waals surface area contributed by atoms with E-state index in [4.69, 9.17) is 0 Å². The predicted octanol–water partition coefficient (Wildman–Crippen LogP) is 3.72. The van der Waals surface area contributed by atoms with Crippen LogP contribution in [0.15, 0.2) is 48.5 Å². The molecule has 148 valence electrons. The molecule has 2 N–H and O–H groups in total. The summed E-state index contributed by atoms with van der Waals surface area (Å²) in [5, 5.41) is 5.84. The molecule has 0 saturated carbocycles. The minimum absolute atomic E-state index is 0.0479. The molecule has 1 unspecified atom stereocenters. The third-order valence-corrected chi connectivity index (χ3v) is 5.18. The zero-order valence-corrected chi connectivity index (χ0v) is 16.7. The highest BCUT2D eigenvalue weighted by Gasteiger charge is 2.27. The van der Waals surface area contributed by atoms with Crippen LogP contribution in [0.25, 0.3) is 11.1 Å². The molecule has 1 aliphatic rings. The molecule has 1 atom stereocenters. The van der Waals surface area contributed by atoms with Crippen LogP contribution in [-0.4, -0.2) is 36.5 Å². The van der Waals surface area contributed by atoms with Gasteiger partial charge in [-0.05, 0) is 43.4 Å². The van der Waals surface area contributed by atoms with Crippen LogP contribution in [0.5, 0.6) is 0 Å². The fourth-order valence-electron chi connectivity index (χ4n) is 3.62. The summed E-state index contributed by atoms with van der Waals surface area (Å²) in [4.78, 5) is 26.3. The molecule has 2 aromatic rings. The lowest BCUT2D eigenvalue weighted by molar-refractivity contribution is -0.126. The third kappa shape index (κ3) is 5.12. The van der Waals surface area contributed by atoms with Crippen molar-refractivity contribution in [2.45, 2.75) is 33.2 Å². The molecule has 0 radical (unpaired) electrons. The summed E-state index contributed by atoms with van der Waals surface area (Å²) in [5.41, 5.74) is 4.66. The lowest BCUT2D eigenvalue weighted by Crippen LogP contribution is -2.48. The molecule has 2 aromatic carbocycles. The Kier molecular flexibility index (Phi) is 6.69. The van der Waals surface area contributed by atoms with Gasteiger partial charge in [-0.1, -0.05) is 54.1 Å². The average molecular weight is 380 g/mol. The summed E-state index contributed by atoms with van der Waals surface area (Å²) in [6, 6.07) is 16.6. The van der Waals surface area contributed by atoms with Crippen molar-refractivity contribution in [2.75, 3.05) is 19.6 Å². The van der Waals surface area contributed by atoms with E-state index in [0.717, 1.165) is 18.4 Å². The standard InChI is InChI=1S/C23H29N3O2/c1-3-24-22(27)21-8-5-13-26(16-21)23(28)25-15-18-9-11-19(12-10-18)20-7-4-6-17(2)14-20/h4,6-7,9-12,14,21H,3,5,8,13,15-16H2,1-2H3,(H,24,27)(H,25,28). The molecule has 5 heteroatoms. The SMILES string of the molecule is CCNC(=O)C1CCCN(C(=O)NCc2ccc(-c3cccc(C)c3)cc2)C1. The maximum atomic E-state index is 12.5. The summed E-state index contributed by atoms with van der Waals surface area (Å²) in [7, 11) is 0. The largest absolute Gasteiger partial charge is 0.356 e. The molecule has 28 heavy (non-hydrogen) atoms. The zero-order valence-electron chi connectivity index (χ0n) is 16.7. The van der Waals surface area contributed by atoms with Crippen molar-refractivity contribution in [1.82, 2.24) is 15.5 Å². The summed E-state index contributed by atoms with van der Waals surface area (Å²) in [6.07, 6.45) is 1.70. The van der Waals surface area contributed by atoms with Crippen molar-refractivity contribution >= 4 is 11.9 Å². The summed E-state index contributed by atoms with van der Waals surface area (Å²) in [5.74, 6) is -0.0557. The number of rotatable bonds is 5. The Morgan fingerprint density at radius 1 is 1.07 bits per heavy atom. The molecular formula is C23H29N3O2. The highest BCUT2D eigenvalue weighted by Crippen LogP contribution is 2.21. The number of likely N-dealkylation sites (tertiary alicyclic amines) is 1. The van der Waals surface area contributed by atoms with Crippen molar-refractivity contribution in [2.24, 2.45) is 5.92 Å². The van der Waals surface area contributed by atoms with E-state index in [-0.39, 0.29) is 17.9 Å². The third-order valence-electron chi connectivity index (χ3n) is 5.18. The highest BCUT2D eigenvalue weighted by atomic mass is 16.2. The summed E-state index contributed by atoms with van der Waals surface area (Å²) < 4.78 is 0. The van der Waals surface area contributed by atoms with E-state index in [2.05, 4.69) is 54.0 Å². The zero-order chi connectivity index (χ0) is 19.9. The summed E-state index contributed by atoms with van der Waals surface area (Å²) in [6.45, 7) is 6.30. The highest BCUT2D eigenvalue weighted by molar-refractivity contribution is 5.80. The van der Waals surface area contributed by atoms with Gasteiger partial charge in [0.15, 0.2) is 0 Å². The second-order valence-corrected chi connectivity index (χ2v) is 7.40. The van der Waals surface area contributed by atoms with Crippen molar-refractivity contribution in [3.05, 3.63) is 59.7 Å². The second-order valence-electron chi connectivity index (χ2n) is 7.40. The molecule has 3 rings (SSSR count). The van der Waals surface area contributed by atoms with Crippen LogP contribution in [0.4, 0.5) is 4.79 Å². The van der Waals surface area contributed by atoms with Gasteiger partial charge in [0, 0.05) is 26.2 Å². The number of benzene rings is 2. The maximum Gasteiger partial charge on any atom is 0.317 e. The van der Waals surface area contributed by atoms with E-state index in [9.17, 15) is 9.59 Å². The van der Waals surface area contributed by atoms with Crippen molar-refractivity contribution in [3.8, 4) is 11.1 Å².